The molecule has 0 amide bonds. The minimum absolute atomic E-state index is 0.524. The van der Waals surface area contributed by atoms with Crippen LogP contribution in [0.15, 0.2) is 18.2 Å². The van der Waals surface area contributed by atoms with Gasteiger partial charge >= 0.3 is 0 Å². The highest BCUT2D eigenvalue weighted by Crippen LogP contribution is 2.23. The van der Waals surface area contributed by atoms with E-state index in [2.05, 4.69) is 0 Å². The molecule has 0 heterocycles. The molecule has 88 valence electrons. The fourth-order valence-electron chi connectivity index (χ4n) is 1.27. The maximum Gasteiger partial charge on any atom is 0.153 e. The van der Waals surface area contributed by atoms with Gasteiger partial charge in [0.15, 0.2) is 6.29 Å². The van der Waals surface area contributed by atoms with Gasteiger partial charge in [-0.25, -0.2) is 0 Å². The van der Waals surface area contributed by atoms with Crippen molar-refractivity contribution in [3.63, 3.8) is 0 Å². The number of aldehydes is 1. The number of carbonyl (C=O) groups is 1. The Morgan fingerprint density at radius 1 is 1.38 bits per heavy atom. The van der Waals surface area contributed by atoms with Crippen LogP contribution in [0.5, 0.6) is 11.5 Å². The molecule has 0 fully saturated rings. The van der Waals surface area contributed by atoms with E-state index in [0.29, 0.717) is 29.5 Å². The minimum Gasteiger partial charge on any atom is -0.496 e. The molecule has 0 unspecified atom stereocenters. The Hall–Kier alpha value is -1.22. The predicted molar refractivity (Wildman–Crippen MR) is 63.8 cm³/mol. The van der Waals surface area contributed by atoms with Crippen molar-refractivity contribution in [1.82, 2.24) is 0 Å². The minimum atomic E-state index is 0.524. The normalized spacial score (nSPS) is 9.88. The number of hydrogen-bond acceptors (Lipinski definition) is 3. The van der Waals surface area contributed by atoms with Gasteiger partial charge in [-0.3, -0.25) is 4.79 Å². The monoisotopic (exact) mass is 242 g/mol. The number of alkyl halides is 1. The van der Waals surface area contributed by atoms with Gasteiger partial charge in [0, 0.05) is 11.9 Å². The van der Waals surface area contributed by atoms with Crippen LogP contribution in [0.3, 0.4) is 0 Å². The number of hydrogen-bond donors (Lipinski definition) is 0. The van der Waals surface area contributed by atoms with E-state index in [9.17, 15) is 4.79 Å². The van der Waals surface area contributed by atoms with E-state index in [1.165, 1.54) is 7.11 Å². The molecule has 1 aromatic rings. The Labute approximate surface area is 100 Å². The van der Waals surface area contributed by atoms with Crippen molar-refractivity contribution in [2.45, 2.75) is 12.8 Å². The van der Waals surface area contributed by atoms with E-state index in [1.54, 1.807) is 18.2 Å². The molecule has 0 bridgehead atoms. The van der Waals surface area contributed by atoms with Crippen molar-refractivity contribution in [3.05, 3.63) is 23.8 Å². The summed E-state index contributed by atoms with van der Waals surface area (Å²) in [6.07, 6.45) is 2.61. The van der Waals surface area contributed by atoms with E-state index in [-0.39, 0.29) is 0 Å². The fourth-order valence-corrected chi connectivity index (χ4v) is 1.45. The highest BCUT2D eigenvalue weighted by molar-refractivity contribution is 6.17. The number of ether oxygens (including phenoxy) is 2. The van der Waals surface area contributed by atoms with Crippen molar-refractivity contribution in [2.24, 2.45) is 0 Å². The van der Waals surface area contributed by atoms with Gasteiger partial charge in [0.05, 0.1) is 19.3 Å². The van der Waals surface area contributed by atoms with Gasteiger partial charge in [0.25, 0.3) is 0 Å². The summed E-state index contributed by atoms with van der Waals surface area (Å²) < 4.78 is 10.6. The van der Waals surface area contributed by atoms with Crippen LogP contribution in [0.1, 0.15) is 23.2 Å². The van der Waals surface area contributed by atoms with E-state index in [0.717, 1.165) is 19.1 Å². The van der Waals surface area contributed by atoms with Gasteiger partial charge in [0.1, 0.15) is 11.5 Å². The summed E-state index contributed by atoms with van der Waals surface area (Å²) in [5.74, 6) is 1.89. The average Bonchev–Trinajstić information content (AvgIpc) is 2.34. The predicted octanol–water partition coefficient (Wildman–Crippen LogP) is 2.91. The van der Waals surface area contributed by atoms with E-state index in [4.69, 9.17) is 21.1 Å². The third kappa shape index (κ3) is 3.74. The molecule has 0 aliphatic heterocycles. The van der Waals surface area contributed by atoms with E-state index in [1.807, 2.05) is 0 Å². The van der Waals surface area contributed by atoms with E-state index >= 15 is 0 Å². The zero-order valence-corrected chi connectivity index (χ0v) is 10.00. The lowest BCUT2D eigenvalue weighted by molar-refractivity contribution is 0.112. The maximum atomic E-state index is 10.7. The molecule has 0 N–H and O–H groups in total. The fraction of sp³-hybridized carbons (Fsp3) is 0.417. The summed E-state index contributed by atoms with van der Waals surface area (Å²) in [5, 5.41) is 0. The lowest BCUT2D eigenvalue weighted by atomic mass is 10.2. The molecule has 0 atom stereocenters. The molecule has 0 aromatic heterocycles. The van der Waals surface area contributed by atoms with Gasteiger partial charge in [0.2, 0.25) is 0 Å². The standard InChI is InChI=1S/C12H15ClO3/c1-15-12-8-11(5-4-10(12)9-14)16-7-3-2-6-13/h4-5,8-9H,2-3,6-7H2,1H3. The van der Waals surface area contributed by atoms with Crippen LogP contribution < -0.4 is 9.47 Å². The molecule has 1 aromatic carbocycles. The van der Waals surface area contributed by atoms with Gasteiger partial charge in [-0.05, 0) is 25.0 Å². The molecule has 3 nitrogen and oxygen atoms in total. The zero-order valence-electron chi connectivity index (χ0n) is 9.24. The van der Waals surface area contributed by atoms with Crippen LogP contribution in [0, 0.1) is 0 Å². The summed E-state index contributed by atoms with van der Waals surface area (Å²) in [5.41, 5.74) is 0.524. The highest BCUT2D eigenvalue weighted by Gasteiger charge is 2.03. The molecule has 4 heteroatoms. The second kappa shape index (κ2) is 7.12. The first kappa shape index (κ1) is 12.8. The number of unbranched alkanes of at least 4 members (excludes halogenated alkanes) is 1. The first-order valence-electron chi connectivity index (χ1n) is 5.13. The second-order valence-electron chi connectivity index (χ2n) is 3.27. The van der Waals surface area contributed by atoms with Crippen LogP contribution >= 0.6 is 11.6 Å². The third-order valence-electron chi connectivity index (χ3n) is 2.13. The number of methoxy groups -OCH3 is 1. The van der Waals surface area contributed by atoms with Crippen molar-refractivity contribution in [1.29, 1.82) is 0 Å². The Morgan fingerprint density at radius 3 is 2.81 bits per heavy atom. The van der Waals surface area contributed by atoms with Gasteiger partial charge < -0.3 is 9.47 Å². The summed E-state index contributed by atoms with van der Waals surface area (Å²) in [4.78, 5) is 10.7. The zero-order chi connectivity index (χ0) is 11.8. The molecule has 16 heavy (non-hydrogen) atoms. The van der Waals surface area contributed by atoms with E-state index < -0.39 is 0 Å². The molecular formula is C12H15ClO3. The van der Waals surface area contributed by atoms with Crippen LogP contribution in [-0.2, 0) is 0 Å². The first-order valence-corrected chi connectivity index (χ1v) is 5.67. The second-order valence-corrected chi connectivity index (χ2v) is 3.64. The van der Waals surface area contributed by atoms with Crippen molar-refractivity contribution in [2.75, 3.05) is 19.6 Å². The van der Waals surface area contributed by atoms with Gasteiger partial charge in [-0.1, -0.05) is 0 Å². The topological polar surface area (TPSA) is 35.5 Å². The lowest BCUT2D eigenvalue weighted by Crippen LogP contribution is -1.99. The molecule has 0 radical (unpaired) electrons. The highest BCUT2D eigenvalue weighted by atomic mass is 35.5. The van der Waals surface area contributed by atoms with Crippen molar-refractivity contribution in [3.8, 4) is 11.5 Å². The third-order valence-corrected chi connectivity index (χ3v) is 2.40. The van der Waals surface area contributed by atoms with Crippen LogP contribution in [0.25, 0.3) is 0 Å². The Balaban J connectivity index is 2.57. The molecule has 0 saturated heterocycles. The average molecular weight is 243 g/mol. The number of rotatable bonds is 7. The molecule has 0 spiro atoms. The summed E-state index contributed by atoms with van der Waals surface area (Å²) in [7, 11) is 1.53. The van der Waals surface area contributed by atoms with Gasteiger partial charge in [-0.15, -0.1) is 11.6 Å². The smallest absolute Gasteiger partial charge is 0.153 e. The van der Waals surface area contributed by atoms with Crippen LogP contribution in [0.2, 0.25) is 0 Å². The maximum absolute atomic E-state index is 10.7. The largest absolute Gasteiger partial charge is 0.496 e. The van der Waals surface area contributed by atoms with Gasteiger partial charge in [-0.2, -0.15) is 0 Å². The quantitative estimate of drug-likeness (QED) is 0.419. The summed E-state index contributed by atoms with van der Waals surface area (Å²) in [6, 6.07) is 5.15. The number of benzene rings is 1. The van der Waals surface area contributed by atoms with Crippen LogP contribution in [0.4, 0.5) is 0 Å². The van der Waals surface area contributed by atoms with Crippen molar-refractivity contribution >= 4 is 17.9 Å². The molecular weight excluding hydrogens is 228 g/mol. The first-order chi connectivity index (χ1) is 7.81. The SMILES string of the molecule is COc1cc(OCCCCCl)ccc1C=O. The molecule has 0 saturated carbocycles. The Morgan fingerprint density at radius 2 is 2.19 bits per heavy atom. The Kier molecular flexibility index (Phi) is 5.72. The summed E-state index contributed by atoms with van der Waals surface area (Å²) in [6.45, 7) is 0.621. The molecule has 0 aliphatic rings. The Bertz CT molecular complexity index is 339. The summed E-state index contributed by atoms with van der Waals surface area (Å²) >= 11 is 5.56. The number of carbonyl (C=O) groups excluding carboxylic acids is 1. The molecule has 1 rings (SSSR count). The van der Waals surface area contributed by atoms with Crippen LogP contribution in [-0.4, -0.2) is 25.9 Å². The van der Waals surface area contributed by atoms with Crippen molar-refractivity contribution < 1.29 is 14.3 Å². The molecule has 0 aliphatic carbocycles. The lowest BCUT2D eigenvalue weighted by Gasteiger charge is -2.08. The number of halogens is 1.